The summed E-state index contributed by atoms with van der Waals surface area (Å²) in [6, 6.07) is 0. The molecule has 0 amide bonds. The number of aromatic nitrogens is 2. The molecule has 0 fully saturated rings. The van der Waals surface area contributed by atoms with Gasteiger partial charge in [0.15, 0.2) is 0 Å². The molecule has 9 heavy (non-hydrogen) atoms. The second-order valence-corrected chi connectivity index (χ2v) is 2.41. The minimum absolute atomic E-state index is 0.181. The number of hydrogen-bond donors (Lipinski definition) is 2. The number of rotatable bonds is 2. The second kappa shape index (κ2) is 2.85. The monoisotopic (exact) mass is 165 g/mol. The van der Waals surface area contributed by atoms with Crippen LogP contribution in [0.4, 0.5) is 5.95 Å². The van der Waals surface area contributed by atoms with Crippen molar-refractivity contribution in [3.8, 4) is 0 Å². The SMILES string of the molecule is O=S(O)Nc1ncsn1. The Kier molecular flexibility index (Phi) is 2.09. The second-order valence-electron chi connectivity index (χ2n) is 1.11. The molecule has 7 heteroatoms. The first-order valence-corrected chi connectivity index (χ1v) is 3.87. The molecule has 0 saturated heterocycles. The molecule has 2 N–H and O–H groups in total. The van der Waals surface area contributed by atoms with Gasteiger partial charge in [-0.05, 0) is 11.5 Å². The fourth-order valence-corrected chi connectivity index (χ4v) is 0.993. The average Bonchev–Trinajstić information content (AvgIpc) is 2.15. The number of nitrogens with one attached hydrogen (secondary N) is 1. The van der Waals surface area contributed by atoms with Crippen LogP contribution in [0.15, 0.2) is 5.51 Å². The van der Waals surface area contributed by atoms with Crippen molar-refractivity contribution in [3.05, 3.63) is 5.51 Å². The van der Waals surface area contributed by atoms with Crippen LogP contribution >= 0.6 is 11.5 Å². The van der Waals surface area contributed by atoms with E-state index in [0.717, 1.165) is 11.5 Å². The van der Waals surface area contributed by atoms with Crippen LogP contribution < -0.4 is 4.72 Å². The Morgan fingerprint density at radius 3 is 3.11 bits per heavy atom. The Bertz CT molecular complexity index is 198. The average molecular weight is 165 g/mol. The van der Waals surface area contributed by atoms with Gasteiger partial charge in [0, 0.05) is 0 Å². The van der Waals surface area contributed by atoms with Crippen LogP contribution in [-0.4, -0.2) is 18.1 Å². The highest BCUT2D eigenvalue weighted by molar-refractivity contribution is 7.80. The third-order valence-electron chi connectivity index (χ3n) is 0.540. The predicted molar refractivity (Wildman–Crippen MR) is 34.3 cm³/mol. The number of hydrogen-bond acceptors (Lipinski definition) is 4. The normalized spacial score (nSPS) is 13.0. The van der Waals surface area contributed by atoms with Gasteiger partial charge in [0.05, 0.1) is 0 Å². The van der Waals surface area contributed by atoms with Gasteiger partial charge in [0.2, 0.25) is 5.95 Å². The molecule has 5 nitrogen and oxygen atoms in total. The van der Waals surface area contributed by atoms with Crippen molar-refractivity contribution in [2.24, 2.45) is 0 Å². The Hall–Kier alpha value is -0.530. The smallest absolute Gasteiger partial charge is 0.261 e. The molecule has 0 spiro atoms. The topological polar surface area (TPSA) is 75.1 Å². The molecule has 1 rings (SSSR count). The van der Waals surface area contributed by atoms with Gasteiger partial charge in [0.1, 0.15) is 5.51 Å². The molecule has 50 valence electrons. The molecule has 1 heterocycles. The van der Waals surface area contributed by atoms with Gasteiger partial charge in [0.25, 0.3) is 11.3 Å². The molecule has 0 aliphatic rings. The molecule has 0 radical (unpaired) electrons. The van der Waals surface area contributed by atoms with Crippen molar-refractivity contribution in [1.29, 1.82) is 0 Å². The van der Waals surface area contributed by atoms with Crippen LogP contribution in [0.2, 0.25) is 0 Å². The van der Waals surface area contributed by atoms with E-state index in [-0.39, 0.29) is 5.95 Å². The summed E-state index contributed by atoms with van der Waals surface area (Å²) in [6.07, 6.45) is 0. The first kappa shape index (κ1) is 6.59. The summed E-state index contributed by atoms with van der Waals surface area (Å²) < 4.78 is 23.9. The summed E-state index contributed by atoms with van der Waals surface area (Å²) in [7, 11) is 0. The first-order chi connectivity index (χ1) is 4.29. The number of anilines is 1. The minimum atomic E-state index is -2.06. The summed E-state index contributed by atoms with van der Waals surface area (Å²) >= 11 is -0.951. The third kappa shape index (κ3) is 2.04. The highest BCUT2D eigenvalue weighted by atomic mass is 32.2. The van der Waals surface area contributed by atoms with E-state index in [1.165, 1.54) is 5.51 Å². The van der Waals surface area contributed by atoms with Crippen LogP contribution in [0.5, 0.6) is 0 Å². The van der Waals surface area contributed by atoms with Crippen molar-refractivity contribution >= 4 is 28.7 Å². The molecule has 1 aromatic rings. The zero-order valence-corrected chi connectivity index (χ0v) is 5.78. The molecule has 1 atom stereocenters. The number of nitrogens with zero attached hydrogens (tertiary/aromatic N) is 2. The van der Waals surface area contributed by atoms with Crippen molar-refractivity contribution in [2.75, 3.05) is 4.72 Å². The quantitative estimate of drug-likeness (QED) is 0.609. The van der Waals surface area contributed by atoms with Gasteiger partial charge in [-0.3, -0.25) is 4.55 Å². The lowest BCUT2D eigenvalue weighted by atomic mass is 11.1. The fourth-order valence-electron chi connectivity index (χ4n) is 0.294. The maximum atomic E-state index is 9.99. The van der Waals surface area contributed by atoms with Crippen molar-refractivity contribution in [2.45, 2.75) is 0 Å². The summed E-state index contributed by atoms with van der Waals surface area (Å²) in [5.41, 5.74) is 1.47. The lowest BCUT2D eigenvalue weighted by Gasteiger charge is -1.88. The zero-order chi connectivity index (χ0) is 6.69. The fraction of sp³-hybridized carbons (Fsp3) is 0. The van der Waals surface area contributed by atoms with E-state index in [4.69, 9.17) is 4.55 Å². The van der Waals surface area contributed by atoms with Gasteiger partial charge in [-0.2, -0.15) is 4.37 Å². The van der Waals surface area contributed by atoms with Crippen molar-refractivity contribution in [3.63, 3.8) is 0 Å². The predicted octanol–water partition coefficient (Wildman–Crippen LogP) is 0.0867. The Labute approximate surface area is 57.7 Å². The van der Waals surface area contributed by atoms with E-state index in [1.54, 1.807) is 0 Å². The van der Waals surface area contributed by atoms with Crippen LogP contribution in [0.3, 0.4) is 0 Å². The maximum absolute atomic E-state index is 9.99. The van der Waals surface area contributed by atoms with E-state index in [9.17, 15) is 4.21 Å². The Morgan fingerprint density at radius 2 is 2.67 bits per heavy atom. The summed E-state index contributed by atoms with van der Waals surface area (Å²) in [5.74, 6) is 0.181. The van der Waals surface area contributed by atoms with Crippen LogP contribution in [0.1, 0.15) is 0 Å². The van der Waals surface area contributed by atoms with Gasteiger partial charge in [-0.1, -0.05) is 0 Å². The third-order valence-corrected chi connectivity index (χ3v) is 1.38. The van der Waals surface area contributed by atoms with Crippen LogP contribution in [0, 0.1) is 0 Å². The zero-order valence-electron chi connectivity index (χ0n) is 4.14. The maximum Gasteiger partial charge on any atom is 0.261 e. The molecule has 0 aromatic carbocycles. The van der Waals surface area contributed by atoms with Crippen molar-refractivity contribution in [1.82, 2.24) is 9.36 Å². The first-order valence-electron chi connectivity index (χ1n) is 1.93. The van der Waals surface area contributed by atoms with Gasteiger partial charge < -0.3 is 0 Å². The molecule has 1 aromatic heterocycles. The van der Waals surface area contributed by atoms with Crippen LogP contribution in [0.25, 0.3) is 0 Å². The van der Waals surface area contributed by atoms with Crippen molar-refractivity contribution < 1.29 is 8.76 Å². The highest BCUT2D eigenvalue weighted by Crippen LogP contribution is 1.98. The molecule has 0 aliphatic carbocycles. The minimum Gasteiger partial charge on any atom is -0.289 e. The van der Waals surface area contributed by atoms with E-state index in [1.807, 2.05) is 0 Å². The largest absolute Gasteiger partial charge is 0.289 e. The van der Waals surface area contributed by atoms with E-state index in [2.05, 4.69) is 14.1 Å². The van der Waals surface area contributed by atoms with Gasteiger partial charge in [-0.25, -0.2) is 13.9 Å². The highest BCUT2D eigenvalue weighted by Gasteiger charge is 1.96. The standard InChI is InChI=1S/C2H3N3O2S2/c6-9(7)5-2-3-1-8-4-2/h1H,(H,4,5)(H,6,7). The lowest BCUT2D eigenvalue weighted by Crippen LogP contribution is -2.02. The molecule has 0 saturated carbocycles. The van der Waals surface area contributed by atoms with E-state index in [0.29, 0.717) is 0 Å². The van der Waals surface area contributed by atoms with Gasteiger partial charge >= 0.3 is 0 Å². The summed E-state index contributed by atoms with van der Waals surface area (Å²) in [4.78, 5) is 3.60. The molecule has 0 aliphatic heterocycles. The van der Waals surface area contributed by atoms with Crippen LogP contribution in [-0.2, 0) is 11.3 Å². The Morgan fingerprint density at radius 1 is 1.89 bits per heavy atom. The Balaban J connectivity index is 2.58. The summed E-state index contributed by atoms with van der Waals surface area (Å²) in [6.45, 7) is 0. The molecular formula is C2H3N3O2S2. The molecule has 1 unspecified atom stereocenters. The summed E-state index contributed by atoms with van der Waals surface area (Å²) in [5, 5.41) is 0. The van der Waals surface area contributed by atoms with E-state index >= 15 is 0 Å². The van der Waals surface area contributed by atoms with Gasteiger partial charge in [-0.15, -0.1) is 0 Å². The molecular weight excluding hydrogens is 162 g/mol. The van der Waals surface area contributed by atoms with E-state index < -0.39 is 11.3 Å². The lowest BCUT2D eigenvalue weighted by molar-refractivity contribution is 0.570. The molecule has 0 bridgehead atoms.